The molecule has 7 nitrogen and oxygen atoms in total. The van der Waals surface area contributed by atoms with E-state index in [0.717, 1.165) is 16.9 Å². The molecule has 0 aliphatic carbocycles. The van der Waals surface area contributed by atoms with Crippen LogP contribution in [0.15, 0.2) is 63.5 Å². The molecule has 2 heterocycles. The molecular weight excluding hydrogens is 332 g/mol. The Labute approximate surface area is 149 Å². The first-order valence-electron chi connectivity index (χ1n) is 8.25. The molecule has 2 aromatic carbocycles. The summed E-state index contributed by atoms with van der Waals surface area (Å²) >= 11 is 0. The van der Waals surface area contributed by atoms with Gasteiger partial charge in [0.1, 0.15) is 12.2 Å². The van der Waals surface area contributed by atoms with Crippen molar-refractivity contribution in [3.63, 3.8) is 0 Å². The maximum absolute atomic E-state index is 5.66. The van der Waals surface area contributed by atoms with Gasteiger partial charge in [-0.05, 0) is 43.3 Å². The van der Waals surface area contributed by atoms with Crippen LogP contribution in [-0.4, -0.2) is 26.9 Å². The standard InChI is InChI=1S/C19H16N4O3/c1-2-24-15-10-8-13(9-11-15)18-20-16(26-23-18)12-17-21-22-19(25-17)14-6-4-3-5-7-14/h3-11H,2,12H2,1H3. The number of hydrogen-bond donors (Lipinski definition) is 0. The van der Waals surface area contributed by atoms with Crippen LogP contribution in [0.4, 0.5) is 0 Å². The maximum Gasteiger partial charge on any atom is 0.247 e. The van der Waals surface area contributed by atoms with Crippen LogP contribution in [0, 0.1) is 0 Å². The number of aromatic nitrogens is 4. The predicted octanol–water partition coefficient (Wildman–Crippen LogP) is 3.78. The quantitative estimate of drug-likeness (QED) is 0.524. The van der Waals surface area contributed by atoms with Crippen LogP contribution >= 0.6 is 0 Å². The van der Waals surface area contributed by atoms with Crippen molar-refractivity contribution < 1.29 is 13.7 Å². The molecule has 2 aromatic heterocycles. The lowest BCUT2D eigenvalue weighted by atomic mass is 10.2. The van der Waals surface area contributed by atoms with E-state index < -0.39 is 0 Å². The second-order valence-electron chi connectivity index (χ2n) is 5.51. The van der Waals surface area contributed by atoms with E-state index in [9.17, 15) is 0 Å². The van der Waals surface area contributed by atoms with Crippen LogP contribution in [0.25, 0.3) is 22.8 Å². The number of hydrogen-bond acceptors (Lipinski definition) is 7. The molecule has 0 bridgehead atoms. The number of benzene rings is 2. The van der Waals surface area contributed by atoms with Crippen molar-refractivity contribution in [1.82, 2.24) is 20.3 Å². The van der Waals surface area contributed by atoms with E-state index in [4.69, 9.17) is 13.7 Å². The van der Waals surface area contributed by atoms with E-state index in [-0.39, 0.29) is 6.42 Å². The molecule has 7 heteroatoms. The number of rotatable bonds is 6. The van der Waals surface area contributed by atoms with Gasteiger partial charge in [-0.15, -0.1) is 10.2 Å². The van der Waals surface area contributed by atoms with Gasteiger partial charge in [0.05, 0.1) is 6.61 Å². The lowest BCUT2D eigenvalue weighted by molar-refractivity contribution is 0.340. The van der Waals surface area contributed by atoms with Crippen LogP contribution in [0.1, 0.15) is 18.7 Å². The molecule has 0 spiro atoms. The molecule has 4 rings (SSSR count). The highest BCUT2D eigenvalue weighted by molar-refractivity contribution is 5.55. The van der Waals surface area contributed by atoms with E-state index >= 15 is 0 Å². The first kappa shape index (κ1) is 16.0. The molecule has 0 fully saturated rings. The third kappa shape index (κ3) is 3.46. The van der Waals surface area contributed by atoms with Gasteiger partial charge in [0.2, 0.25) is 23.5 Å². The molecule has 4 aromatic rings. The number of nitrogens with zero attached hydrogens (tertiary/aromatic N) is 4. The van der Waals surface area contributed by atoms with Crippen molar-refractivity contribution in [2.45, 2.75) is 13.3 Å². The second kappa shape index (κ2) is 7.18. The Bertz CT molecular complexity index is 977. The summed E-state index contributed by atoms with van der Waals surface area (Å²) in [4.78, 5) is 4.39. The molecular formula is C19H16N4O3. The Morgan fingerprint density at radius 2 is 1.69 bits per heavy atom. The third-order valence-corrected chi connectivity index (χ3v) is 3.68. The fourth-order valence-electron chi connectivity index (χ4n) is 2.46. The van der Waals surface area contributed by atoms with Gasteiger partial charge >= 0.3 is 0 Å². The number of ether oxygens (including phenoxy) is 1. The Morgan fingerprint density at radius 3 is 2.46 bits per heavy atom. The minimum Gasteiger partial charge on any atom is -0.494 e. The zero-order valence-corrected chi connectivity index (χ0v) is 14.1. The van der Waals surface area contributed by atoms with Crippen LogP contribution in [0.2, 0.25) is 0 Å². The van der Waals surface area contributed by atoms with Crippen LogP contribution < -0.4 is 4.74 Å². The van der Waals surface area contributed by atoms with Crippen molar-refractivity contribution in [3.05, 3.63) is 66.4 Å². The Balaban J connectivity index is 1.48. The molecule has 0 aliphatic rings. The van der Waals surface area contributed by atoms with Gasteiger partial charge in [-0.1, -0.05) is 23.4 Å². The van der Waals surface area contributed by atoms with Gasteiger partial charge in [-0.25, -0.2) is 0 Å². The fourth-order valence-corrected chi connectivity index (χ4v) is 2.46. The Hall–Kier alpha value is -3.48. The monoisotopic (exact) mass is 348 g/mol. The summed E-state index contributed by atoms with van der Waals surface area (Å²) in [7, 11) is 0. The molecule has 0 atom stereocenters. The predicted molar refractivity (Wildman–Crippen MR) is 93.4 cm³/mol. The lowest BCUT2D eigenvalue weighted by Gasteiger charge is -2.02. The normalized spacial score (nSPS) is 10.8. The second-order valence-corrected chi connectivity index (χ2v) is 5.51. The van der Waals surface area contributed by atoms with E-state index in [1.165, 1.54) is 0 Å². The molecule has 0 N–H and O–H groups in total. The molecule has 0 radical (unpaired) electrons. The third-order valence-electron chi connectivity index (χ3n) is 3.68. The van der Waals surface area contributed by atoms with Crippen molar-refractivity contribution in [2.24, 2.45) is 0 Å². The van der Waals surface area contributed by atoms with Crippen LogP contribution in [0.3, 0.4) is 0 Å². The van der Waals surface area contributed by atoms with Gasteiger partial charge in [0, 0.05) is 11.1 Å². The van der Waals surface area contributed by atoms with Crippen molar-refractivity contribution in [3.8, 4) is 28.6 Å². The first-order valence-corrected chi connectivity index (χ1v) is 8.25. The van der Waals surface area contributed by atoms with E-state index in [1.54, 1.807) is 0 Å². The highest BCUT2D eigenvalue weighted by Crippen LogP contribution is 2.22. The smallest absolute Gasteiger partial charge is 0.247 e. The molecule has 0 saturated heterocycles. The summed E-state index contributed by atoms with van der Waals surface area (Å²) in [6.07, 6.45) is 0.282. The Kier molecular flexibility index (Phi) is 4.42. The minimum atomic E-state index is 0.282. The molecule has 130 valence electrons. The van der Waals surface area contributed by atoms with Gasteiger partial charge in [0.25, 0.3) is 0 Å². The molecule has 0 amide bonds. The van der Waals surface area contributed by atoms with E-state index in [1.807, 2.05) is 61.5 Å². The summed E-state index contributed by atoms with van der Waals surface area (Å²) in [5, 5.41) is 12.1. The molecule has 0 unspecified atom stereocenters. The Morgan fingerprint density at radius 1 is 0.885 bits per heavy atom. The summed E-state index contributed by atoms with van der Waals surface area (Å²) in [5.41, 5.74) is 1.71. The largest absolute Gasteiger partial charge is 0.494 e. The van der Waals surface area contributed by atoms with Gasteiger partial charge in [0.15, 0.2) is 0 Å². The highest BCUT2D eigenvalue weighted by Gasteiger charge is 2.14. The summed E-state index contributed by atoms with van der Waals surface area (Å²) in [5.74, 6) is 2.61. The zero-order chi connectivity index (χ0) is 17.8. The SMILES string of the molecule is CCOc1ccc(-c2noc(Cc3nnc(-c4ccccc4)o3)n2)cc1. The lowest BCUT2D eigenvalue weighted by Crippen LogP contribution is -1.91. The summed E-state index contributed by atoms with van der Waals surface area (Å²) < 4.78 is 16.4. The average molecular weight is 348 g/mol. The summed E-state index contributed by atoms with van der Waals surface area (Å²) in [6.45, 7) is 2.57. The van der Waals surface area contributed by atoms with Gasteiger partial charge in [-0.3, -0.25) is 0 Å². The molecule has 0 aliphatic heterocycles. The van der Waals surface area contributed by atoms with Gasteiger partial charge < -0.3 is 13.7 Å². The minimum absolute atomic E-state index is 0.282. The molecule has 0 saturated carbocycles. The highest BCUT2D eigenvalue weighted by atomic mass is 16.5. The zero-order valence-electron chi connectivity index (χ0n) is 14.1. The van der Waals surface area contributed by atoms with E-state index in [0.29, 0.717) is 30.1 Å². The van der Waals surface area contributed by atoms with Crippen LogP contribution in [0.5, 0.6) is 5.75 Å². The fraction of sp³-hybridized carbons (Fsp3) is 0.158. The van der Waals surface area contributed by atoms with E-state index in [2.05, 4.69) is 20.3 Å². The van der Waals surface area contributed by atoms with Crippen molar-refractivity contribution in [2.75, 3.05) is 6.61 Å². The topological polar surface area (TPSA) is 87.1 Å². The average Bonchev–Trinajstić information content (AvgIpc) is 3.34. The molecule has 26 heavy (non-hydrogen) atoms. The van der Waals surface area contributed by atoms with Crippen molar-refractivity contribution in [1.29, 1.82) is 0 Å². The van der Waals surface area contributed by atoms with Crippen molar-refractivity contribution >= 4 is 0 Å². The maximum atomic E-state index is 5.66. The first-order chi connectivity index (χ1) is 12.8. The summed E-state index contributed by atoms with van der Waals surface area (Å²) in [6, 6.07) is 17.1. The van der Waals surface area contributed by atoms with Gasteiger partial charge in [-0.2, -0.15) is 4.98 Å². The van der Waals surface area contributed by atoms with Crippen LogP contribution in [-0.2, 0) is 6.42 Å².